The quantitative estimate of drug-likeness (QED) is 0.307. The Morgan fingerprint density at radius 1 is 0.977 bits per heavy atom. The molecule has 2 aliphatic heterocycles. The third-order valence-electron chi connectivity index (χ3n) is 7.62. The Morgan fingerprint density at radius 2 is 1.67 bits per heavy atom. The van der Waals surface area contributed by atoms with Gasteiger partial charge in [0.05, 0.1) is 45.0 Å². The van der Waals surface area contributed by atoms with Crippen LogP contribution in [0.5, 0.6) is 5.75 Å². The number of hydrogen-bond acceptors (Lipinski definition) is 9. The summed E-state index contributed by atoms with van der Waals surface area (Å²) < 4.78 is 10.4. The van der Waals surface area contributed by atoms with E-state index < -0.39 is 36.1 Å². The van der Waals surface area contributed by atoms with E-state index in [2.05, 4.69) is 10.6 Å². The number of para-hydroxylation sites is 1. The molecule has 4 amide bonds. The van der Waals surface area contributed by atoms with Gasteiger partial charge in [-0.05, 0) is 43.2 Å². The fourth-order valence-corrected chi connectivity index (χ4v) is 5.27. The predicted molar refractivity (Wildman–Crippen MR) is 158 cm³/mol. The maximum atomic E-state index is 13.4. The van der Waals surface area contributed by atoms with Crippen LogP contribution in [0.3, 0.4) is 0 Å². The number of carbonyl (C=O) groups is 4. The standard InChI is InChI=1S/C30H39N5O8/c1-4-43-26(38)18-33-11-13-34(14-12-33)29(40)27-28(39)23(36)17-35(27)25(37)16-20-9-10-22(24(15-20)42-3)32-30(41)31-21-8-6-5-7-19(21)2/h5-10,15,23,27-28,36,39H,4,11-14,16-18H2,1-3H3,(H2,31,32,41)/t23-,27+,28+/m1/s1. The van der Waals surface area contributed by atoms with Crippen molar-refractivity contribution in [3.05, 3.63) is 53.6 Å². The van der Waals surface area contributed by atoms with Crippen molar-refractivity contribution >= 4 is 35.2 Å². The second-order valence-electron chi connectivity index (χ2n) is 10.6. The van der Waals surface area contributed by atoms with Crippen LogP contribution in [0.1, 0.15) is 18.1 Å². The van der Waals surface area contributed by atoms with Gasteiger partial charge in [-0.15, -0.1) is 0 Å². The van der Waals surface area contributed by atoms with Crippen LogP contribution in [0.2, 0.25) is 0 Å². The van der Waals surface area contributed by atoms with E-state index in [0.717, 1.165) is 5.56 Å². The van der Waals surface area contributed by atoms with Crippen molar-refractivity contribution in [3.63, 3.8) is 0 Å². The molecule has 0 saturated carbocycles. The van der Waals surface area contributed by atoms with Gasteiger partial charge >= 0.3 is 12.0 Å². The largest absolute Gasteiger partial charge is 0.495 e. The number of nitrogens with zero attached hydrogens (tertiary/aromatic N) is 3. The highest BCUT2D eigenvalue weighted by atomic mass is 16.5. The average Bonchev–Trinajstić information content (AvgIpc) is 3.29. The molecule has 0 radical (unpaired) electrons. The normalized spacial score (nSPS) is 20.4. The molecule has 4 N–H and O–H groups in total. The number of benzene rings is 2. The lowest BCUT2D eigenvalue weighted by Crippen LogP contribution is -2.57. The number of likely N-dealkylation sites (tertiary alicyclic amines) is 1. The number of methoxy groups -OCH3 is 1. The van der Waals surface area contributed by atoms with E-state index in [9.17, 15) is 29.4 Å². The van der Waals surface area contributed by atoms with Crippen LogP contribution in [0.25, 0.3) is 0 Å². The van der Waals surface area contributed by atoms with Gasteiger partial charge in [0.2, 0.25) is 11.8 Å². The number of amides is 4. The topological polar surface area (TPSA) is 161 Å². The molecule has 2 aliphatic rings. The summed E-state index contributed by atoms with van der Waals surface area (Å²) in [5.41, 5.74) is 2.52. The summed E-state index contributed by atoms with van der Waals surface area (Å²) in [4.78, 5) is 55.8. The third-order valence-corrected chi connectivity index (χ3v) is 7.62. The molecule has 0 bridgehead atoms. The summed E-state index contributed by atoms with van der Waals surface area (Å²) in [6.07, 6.45) is -2.82. The molecule has 13 heteroatoms. The summed E-state index contributed by atoms with van der Waals surface area (Å²) in [6.45, 7) is 5.34. The lowest BCUT2D eigenvalue weighted by atomic mass is 10.1. The Kier molecular flexibility index (Phi) is 10.6. The number of ether oxygens (including phenoxy) is 2. The van der Waals surface area contributed by atoms with Crippen LogP contribution in [0, 0.1) is 6.92 Å². The summed E-state index contributed by atoms with van der Waals surface area (Å²) in [5, 5.41) is 26.6. The van der Waals surface area contributed by atoms with Gasteiger partial charge in [-0.3, -0.25) is 19.3 Å². The summed E-state index contributed by atoms with van der Waals surface area (Å²) in [7, 11) is 1.44. The van der Waals surface area contributed by atoms with Crippen LogP contribution in [0.4, 0.5) is 16.2 Å². The van der Waals surface area contributed by atoms with Crippen molar-refractivity contribution in [1.82, 2.24) is 14.7 Å². The van der Waals surface area contributed by atoms with Gasteiger partial charge in [-0.1, -0.05) is 24.3 Å². The van der Waals surface area contributed by atoms with Crippen molar-refractivity contribution in [2.45, 2.75) is 38.5 Å². The van der Waals surface area contributed by atoms with Gasteiger partial charge in [0, 0.05) is 31.9 Å². The molecule has 2 aromatic carbocycles. The number of aliphatic hydroxyl groups is 2. The molecule has 2 fully saturated rings. The van der Waals surface area contributed by atoms with Gasteiger partial charge < -0.3 is 40.1 Å². The van der Waals surface area contributed by atoms with E-state index >= 15 is 0 Å². The summed E-state index contributed by atoms with van der Waals surface area (Å²) in [5.74, 6) is -0.903. The zero-order valence-corrected chi connectivity index (χ0v) is 24.6. The number of hydrogen-bond donors (Lipinski definition) is 4. The highest BCUT2D eigenvalue weighted by Crippen LogP contribution is 2.28. The van der Waals surface area contributed by atoms with Crippen molar-refractivity contribution in [3.8, 4) is 5.75 Å². The SMILES string of the molecule is CCOC(=O)CN1CCN(C(=O)[C@@H]2[C@@H](O)[C@H](O)CN2C(=O)Cc2ccc(NC(=O)Nc3ccccc3C)c(OC)c2)CC1. The first-order chi connectivity index (χ1) is 20.6. The molecule has 3 atom stereocenters. The maximum absolute atomic E-state index is 13.4. The first-order valence-corrected chi connectivity index (χ1v) is 14.2. The molecule has 4 rings (SSSR count). The monoisotopic (exact) mass is 597 g/mol. The van der Waals surface area contributed by atoms with Crippen LogP contribution >= 0.6 is 0 Å². The molecular formula is C30H39N5O8. The highest BCUT2D eigenvalue weighted by Gasteiger charge is 2.48. The van der Waals surface area contributed by atoms with E-state index in [1.807, 2.05) is 30.0 Å². The number of anilines is 2. The number of piperazine rings is 1. The van der Waals surface area contributed by atoms with E-state index in [1.54, 1.807) is 36.1 Å². The first-order valence-electron chi connectivity index (χ1n) is 14.2. The lowest BCUT2D eigenvalue weighted by Gasteiger charge is -2.37. The number of β-amino-alcohol motifs (C(OH)–C–C–N with tert-alkyl or cyclic N) is 1. The smallest absolute Gasteiger partial charge is 0.323 e. The van der Waals surface area contributed by atoms with Gasteiger partial charge in [0.25, 0.3) is 0 Å². The van der Waals surface area contributed by atoms with Crippen molar-refractivity contribution < 1.29 is 38.9 Å². The van der Waals surface area contributed by atoms with Crippen LogP contribution in [-0.2, 0) is 25.5 Å². The van der Waals surface area contributed by atoms with Gasteiger partial charge in [0.15, 0.2) is 0 Å². The highest BCUT2D eigenvalue weighted by molar-refractivity contribution is 6.01. The Morgan fingerprint density at radius 3 is 2.35 bits per heavy atom. The zero-order chi connectivity index (χ0) is 31.1. The van der Waals surface area contributed by atoms with Crippen LogP contribution in [0.15, 0.2) is 42.5 Å². The molecule has 2 aromatic rings. The average molecular weight is 598 g/mol. The predicted octanol–water partition coefficient (Wildman–Crippen LogP) is 0.830. The molecule has 0 aliphatic carbocycles. The fourth-order valence-electron chi connectivity index (χ4n) is 5.27. The van der Waals surface area contributed by atoms with E-state index in [1.165, 1.54) is 12.0 Å². The van der Waals surface area contributed by atoms with Gasteiger partial charge in [-0.2, -0.15) is 0 Å². The third kappa shape index (κ3) is 7.80. The van der Waals surface area contributed by atoms with Crippen molar-refractivity contribution in [2.75, 3.05) is 63.6 Å². The molecule has 0 aromatic heterocycles. The molecule has 232 valence electrons. The second kappa shape index (κ2) is 14.3. The van der Waals surface area contributed by atoms with Crippen LogP contribution < -0.4 is 15.4 Å². The minimum atomic E-state index is -1.43. The number of esters is 1. The molecule has 43 heavy (non-hydrogen) atoms. The number of urea groups is 1. The van der Waals surface area contributed by atoms with E-state index in [4.69, 9.17) is 9.47 Å². The van der Waals surface area contributed by atoms with E-state index in [0.29, 0.717) is 55.5 Å². The van der Waals surface area contributed by atoms with Crippen LogP contribution in [-0.4, -0.2) is 120 Å². The molecule has 13 nitrogen and oxygen atoms in total. The maximum Gasteiger partial charge on any atom is 0.323 e. The molecule has 0 unspecified atom stereocenters. The molecule has 2 saturated heterocycles. The van der Waals surface area contributed by atoms with Gasteiger partial charge in [0.1, 0.15) is 17.9 Å². The Balaban J connectivity index is 1.38. The Bertz CT molecular complexity index is 1330. The second-order valence-corrected chi connectivity index (χ2v) is 10.6. The Labute approximate surface area is 250 Å². The number of rotatable bonds is 9. The lowest BCUT2D eigenvalue weighted by molar-refractivity contribution is -0.149. The van der Waals surface area contributed by atoms with Crippen molar-refractivity contribution in [2.24, 2.45) is 0 Å². The summed E-state index contributed by atoms with van der Waals surface area (Å²) >= 11 is 0. The minimum absolute atomic E-state index is 0.122. The number of nitrogens with one attached hydrogen (secondary N) is 2. The zero-order valence-electron chi connectivity index (χ0n) is 24.6. The number of aryl methyl sites for hydroxylation is 1. The molecule has 2 heterocycles. The number of aliphatic hydroxyl groups excluding tert-OH is 2. The Hall–Kier alpha value is -4.20. The van der Waals surface area contributed by atoms with Crippen molar-refractivity contribution in [1.29, 1.82) is 0 Å². The molecular weight excluding hydrogens is 558 g/mol. The minimum Gasteiger partial charge on any atom is -0.495 e. The summed E-state index contributed by atoms with van der Waals surface area (Å²) in [6, 6.07) is 10.6. The van der Waals surface area contributed by atoms with E-state index in [-0.39, 0.29) is 25.5 Å². The fraction of sp³-hybridized carbons (Fsp3) is 0.467. The van der Waals surface area contributed by atoms with Gasteiger partial charge in [-0.25, -0.2) is 4.79 Å². The number of carbonyl (C=O) groups excluding carboxylic acids is 4. The first kappa shape index (κ1) is 31.7. The molecule has 0 spiro atoms.